The Hall–Kier alpha value is -2.41. The number of ether oxygens (including phenoxy) is 2. The van der Waals surface area contributed by atoms with Crippen LogP contribution < -0.4 is 14.8 Å². The van der Waals surface area contributed by atoms with E-state index in [1.807, 2.05) is 6.07 Å². The van der Waals surface area contributed by atoms with E-state index in [0.29, 0.717) is 16.6 Å². The maximum absolute atomic E-state index is 12.0. The standard InChI is InChI=1S/C17H21N3O3S/c1-17(2,3)15-19-20-16(24-15)18-14(21)9-7-11-6-8-12(22-4)13(10-11)23-5/h6-10H,1-5H3,(H,18,20,21). The highest BCUT2D eigenvalue weighted by Gasteiger charge is 2.19. The molecular formula is C17H21N3O3S. The number of hydrogen-bond acceptors (Lipinski definition) is 6. The largest absolute Gasteiger partial charge is 0.493 e. The number of methoxy groups -OCH3 is 2. The fourth-order valence-corrected chi connectivity index (χ4v) is 2.66. The van der Waals surface area contributed by atoms with Gasteiger partial charge >= 0.3 is 0 Å². The van der Waals surface area contributed by atoms with Crippen molar-refractivity contribution in [3.8, 4) is 11.5 Å². The molecule has 1 aromatic carbocycles. The second-order valence-electron chi connectivity index (χ2n) is 6.10. The molecule has 0 unspecified atom stereocenters. The minimum absolute atomic E-state index is 0.0872. The first-order valence-electron chi connectivity index (χ1n) is 7.38. The van der Waals surface area contributed by atoms with Crippen molar-refractivity contribution in [3.63, 3.8) is 0 Å². The molecule has 1 aromatic heterocycles. The summed E-state index contributed by atoms with van der Waals surface area (Å²) >= 11 is 1.38. The van der Waals surface area contributed by atoms with Crippen LogP contribution in [0.25, 0.3) is 6.08 Å². The highest BCUT2D eigenvalue weighted by molar-refractivity contribution is 7.15. The summed E-state index contributed by atoms with van der Waals surface area (Å²) in [5.74, 6) is 0.989. The van der Waals surface area contributed by atoms with E-state index in [9.17, 15) is 4.79 Å². The van der Waals surface area contributed by atoms with E-state index in [2.05, 4.69) is 36.3 Å². The van der Waals surface area contributed by atoms with Gasteiger partial charge in [-0.05, 0) is 23.8 Å². The minimum atomic E-state index is -0.263. The van der Waals surface area contributed by atoms with Crippen LogP contribution in [-0.2, 0) is 10.2 Å². The molecule has 2 rings (SSSR count). The van der Waals surface area contributed by atoms with Crippen molar-refractivity contribution in [2.24, 2.45) is 0 Å². The topological polar surface area (TPSA) is 73.3 Å². The number of hydrogen-bond donors (Lipinski definition) is 1. The molecule has 1 N–H and O–H groups in total. The van der Waals surface area contributed by atoms with Gasteiger partial charge in [-0.1, -0.05) is 38.2 Å². The van der Waals surface area contributed by atoms with Crippen LogP contribution in [0.3, 0.4) is 0 Å². The van der Waals surface area contributed by atoms with Crippen LogP contribution in [-0.4, -0.2) is 30.3 Å². The second-order valence-corrected chi connectivity index (χ2v) is 7.08. The molecule has 0 atom stereocenters. The fraction of sp³-hybridized carbons (Fsp3) is 0.353. The number of rotatable bonds is 5. The van der Waals surface area contributed by atoms with E-state index in [0.717, 1.165) is 10.6 Å². The Morgan fingerprint density at radius 2 is 1.88 bits per heavy atom. The maximum atomic E-state index is 12.0. The number of nitrogens with one attached hydrogen (secondary N) is 1. The molecule has 0 spiro atoms. The van der Waals surface area contributed by atoms with Crippen molar-refractivity contribution in [2.45, 2.75) is 26.2 Å². The first kappa shape index (κ1) is 17.9. The van der Waals surface area contributed by atoms with Gasteiger partial charge in [0.15, 0.2) is 11.5 Å². The van der Waals surface area contributed by atoms with Crippen molar-refractivity contribution < 1.29 is 14.3 Å². The normalized spacial score (nSPS) is 11.5. The predicted molar refractivity (Wildman–Crippen MR) is 95.8 cm³/mol. The lowest BCUT2D eigenvalue weighted by Crippen LogP contribution is -2.10. The summed E-state index contributed by atoms with van der Waals surface area (Å²) in [7, 11) is 3.15. The van der Waals surface area contributed by atoms with Gasteiger partial charge in [0, 0.05) is 11.5 Å². The number of carbonyl (C=O) groups excluding carboxylic acids is 1. The summed E-state index contributed by atoms with van der Waals surface area (Å²) in [6, 6.07) is 5.43. The van der Waals surface area contributed by atoms with E-state index < -0.39 is 0 Å². The smallest absolute Gasteiger partial charge is 0.250 e. The molecule has 0 aliphatic carbocycles. The predicted octanol–water partition coefficient (Wildman–Crippen LogP) is 3.50. The average molecular weight is 347 g/mol. The van der Waals surface area contributed by atoms with Gasteiger partial charge in [0.2, 0.25) is 11.0 Å². The van der Waals surface area contributed by atoms with E-state index in [1.165, 1.54) is 17.4 Å². The third-order valence-electron chi connectivity index (χ3n) is 3.13. The Labute approximate surface area is 145 Å². The van der Waals surface area contributed by atoms with Gasteiger partial charge < -0.3 is 9.47 Å². The van der Waals surface area contributed by atoms with Crippen LogP contribution in [0.5, 0.6) is 11.5 Å². The van der Waals surface area contributed by atoms with Crippen molar-refractivity contribution in [3.05, 3.63) is 34.8 Å². The van der Waals surface area contributed by atoms with E-state index >= 15 is 0 Å². The van der Waals surface area contributed by atoms with Crippen molar-refractivity contribution in [1.29, 1.82) is 0 Å². The number of benzene rings is 1. The number of amides is 1. The molecule has 0 saturated carbocycles. The summed E-state index contributed by atoms with van der Waals surface area (Å²) in [5.41, 5.74) is 0.742. The second kappa shape index (κ2) is 7.44. The Bertz CT molecular complexity index is 748. The third kappa shape index (κ3) is 4.55. The van der Waals surface area contributed by atoms with Gasteiger partial charge in [0.05, 0.1) is 14.2 Å². The molecule has 0 aliphatic rings. The summed E-state index contributed by atoms with van der Waals surface area (Å²) in [6.07, 6.45) is 3.14. The third-order valence-corrected chi connectivity index (χ3v) is 4.40. The van der Waals surface area contributed by atoms with E-state index in [1.54, 1.807) is 32.4 Å². The highest BCUT2D eigenvalue weighted by atomic mass is 32.1. The van der Waals surface area contributed by atoms with Crippen LogP contribution in [0.1, 0.15) is 31.3 Å². The number of aromatic nitrogens is 2. The molecule has 1 amide bonds. The monoisotopic (exact) mass is 347 g/mol. The van der Waals surface area contributed by atoms with Crippen LogP contribution in [0, 0.1) is 0 Å². The number of nitrogens with zero attached hydrogens (tertiary/aromatic N) is 2. The zero-order valence-corrected chi connectivity index (χ0v) is 15.2. The first-order valence-corrected chi connectivity index (χ1v) is 8.20. The van der Waals surface area contributed by atoms with Gasteiger partial charge in [0.1, 0.15) is 5.01 Å². The van der Waals surface area contributed by atoms with Crippen molar-refractivity contribution in [1.82, 2.24) is 10.2 Å². The van der Waals surface area contributed by atoms with Crippen LogP contribution in [0.15, 0.2) is 24.3 Å². The summed E-state index contributed by atoms with van der Waals surface area (Å²) in [6.45, 7) is 6.16. The fourth-order valence-electron chi connectivity index (χ4n) is 1.85. The molecule has 0 aliphatic heterocycles. The molecule has 2 aromatic rings. The SMILES string of the molecule is COc1ccc(C=CC(=O)Nc2nnc(C(C)(C)C)s2)cc1OC. The lowest BCUT2D eigenvalue weighted by molar-refractivity contribution is -0.111. The summed E-state index contributed by atoms with van der Waals surface area (Å²) in [4.78, 5) is 12.0. The summed E-state index contributed by atoms with van der Waals surface area (Å²) in [5, 5.41) is 12.2. The molecule has 24 heavy (non-hydrogen) atoms. The van der Waals surface area contributed by atoms with E-state index in [4.69, 9.17) is 9.47 Å². The van der Waals surface area contributed by atoms with Gasteiger partial charge in [-0.3, -0.25) is 10.1 Å². The quantitative estimate of drug-likeness (QED) is 0.838. The molecule has 0 saturated heterocycles. The molecule has 128 valence electrons. The molecule has 0 radical (unpaired) electrons. The zero-order valence-electron chi connectivity index (χ0n) is 14.4. The number of anilines is 1. The van der Waals surface area contributed by atoms with Gasteiger partial charge in [-0.25, -0.2) is 0 Å². The lowest BCUT2D eigenvalue weighted by atomic mass is 9.98. The Kier molecular flexibility index (Phi) is 5.56. The van der Waals surface area contributed by atoms with Gasteiger partial charge in [-0.2, -0.15) is 0 Å². The van der Waals surface area contributed by atoms with E-state index in [-0.39, 0.29) is 11.3 Å². The van der Waals surface area contributed by atoms with Crippen molar-refractivity contribution in [2.75, 3.05) is 19.5 Å². The lowest BCUT2D eigenvalue weighted by Gasteiger charge is -2.12. The van der Waals surface area contributed by atoms with Gasteiger partial charge in [-0.15, -0.1) is 10.2 Å². The molecular weight excluding hydrogens is 326 g/mol. The van der Waals surface area contributed by atoms with Crippen LogP contribution in [0.2, 0.25) is 0 Å². The minimum Gasteiger partial charge on any atom is -0.493 e. The van der Waals surface area contributed by atoms with Crippen LogP contribution >= 0.6 is 11.3 Å². The molecule has 1 heterocycles. The zero-order chi connectivity index (χ0) is 17.7. The molecule has 6 nitrogen and oxygen atoms in total. The highest BCUT2D eigenvalue weighted by Crippen LogP contribution is 2.29. The first-order chi connectivity index (χ1) is 11.3. The van der Waals surface area contributed by atoms with Crippen molar-refractivity contribution >= 4 is 28.5 Å². The summed E-state index contributed by atoms with van der Waals surface area (Å²) < 4.78 is 10.4. The number of carbonyl (C=O) groups is 1. The molecule has 0 bridgehead atoms. The van der Waals surface area contributed by atoms with Crippen LogP contribution in [0.4, 0.5) is 5.13 Å². The molecule has 7 heteroatoms. The van der Waals surface area contributed by atoms with Gasteiger partial charge in [0.25, 0.3) is 0 Å². The Morgan fingerprint density at radius 1 is 1.17 bits per heavy atom. The Balaban J connectivity index is 2.04. The molecule has 0 fully saturated rings. The average Bonchev–Trinajstić information content (AvgIpc) is 3.01. The maximum Gasteiger partial charge on any atom is 0.250 e. The Morgan fingerprint density at radius 3 is 2.46 bits per heavy atom.